The van der Waals surface area contributed by atoms with E-state index in [1.807, 2.05) is 6.92 Å². The minimum Gasteiger partial charge on any atom is -0.478 e. The van der Waals surface area contributed by atoms with Crippen LogP contribution in [0.15, 0.2) is 33.9 Å². The van der Waals surface area contributed by atoms with E-state index in [0.717, 1.165) is 18.2 Å². The minimum absolute atomic E-state index is 0.0657. The first-order valence-corrected chi connectivity index (χ1v) is 8.93. The largest absolute Gasteiger partial charge is 0.478 e. The number of hydrogen-bond acceptors (Lipinski definition) is 7. The molecule has 0 bridgehead atoms. The summed E-state index contributed by atoms with van der Waals surface area (Å²) in [7, 11) is 0. The molecular formula is C16H19FN4O4S. The molecule has 2 rings (SSSR count). The average Bonchev–Trinajstić information content (AvgIpc) is 3.09. The maximum atomic E-state index is 13.6. The molecule has 26 heavy (non-hydrogen) atoms. The molecular weight excluding hydrogens is 363 g/mol. The quantitative estimate of drug-likeness (QED) is 0.676. The van der Waals surface area contributed by atoms with Gasteiger partial charge >= 0.3 is 6.03 Å². The molecule has 0 saturated heterocycles. The zero-order valence-electron chi connectivity index (χ0n) is 14.3. The number of rotatable bonds is 8. The summed E-state index contributed by atoms with van der Waals surface area (Å²) in [5.41, 5.74) is 0. The molecule has 0 aliphatic heterocycles. The second kappa shape index (κ2) is 9.76. The van der Waals surface area contributed by atoms with Crippen LogP contribution in [0, 0.1) is 5.82 Å². The molecule has 0 fully saturated rings. The Hall–Kier alpha value is -2.62. The Morgan fingerprint density at radius 1 is 1.35 bits per heavy atom. The Labute approximate surface area is 153 Å². The Morgan fingerprint density at radius 2 is 2.12 bits per heavy atom. The smallest absolute Gasteiger partial charge is 0.321 e. The number of aromatic nitrogens is 2. The lowest BCUT2D eigenvalue weighted by atomic mass is 10.3. The number of hydrogen-bond donors (Lipinski definition) is 2. The van der Waals surface area contributed by atoms with Gasteiger partial charge < -0.3 is 14.5 Å². The van der Waals surface area contributed by atoms with E-state index in [-0.39, 0.29) is 22.6 Å². The predicted molar refractivity (Wildman–Crippen MR) is 92.3 cm³/mol. The molecule has 2 N–H and O–H groups in total. The second-order valence-corrected chi connectivity index (χ2v) is 6.12. The van der Waals surface area contributed by atoms with Crippen molar-refractivity contribution in [3.05, 3.63) is 36.0 Å². The van der Waals surface area contributed by atoms with E-state index in [4.69, 9.17) is 9.15 Å². The molecule has 2 aromatic rings. The van der Waals surface area contributed by atoms with Crippen molar-refractivity contribution in [3.8, 4) is 5.75 Å². The van der Waals surface area contributed by atoms with Gasteiger partial charge in [-0.3, -0.25) is 10.1 Å². The Morgan fingerprint density at radius 3 is 2.85 bits per heavy atom. The van der Waals surface area contributed by atoms with E-state index in [2.05, 4.69) is 20.8 Å². The molecule has 0 saturated carbocycles. The first kappa shape index (κ1) is 19.7. The van der Waals surface area contributed by atoms with Crippen LogP contribution in [0.1, 0.15) is 32.3 Å². The van der Waals surface area contributed by atoms with Crippen LogP contribution >= 0.6 is 11.8 Å². The van der Waals surface area contributed by atoms with Gasteiger partial charge in [-0.25, -0.2) is 9.18 Å². The van der Waals surface area contributed by atoms with Gasteiger partial charge in [0.15, 0.2) is 17.7 Å². The number of imide groups is 1. The SMILES string of the molecule is CCCNC(=O)NC(=O)CSc1nnc([C@H](C)Oc2ccccc2F)o1. The number of halogens is 1. The first-order valence-electron chi connectivity index (χ1n) is 7.94. The highest BCUT2D eigenvalue weighted by atomic mass is 32.2. The summed E-state index contributed by atoms with van der Waals surface area (Å²) in [5, 5.41) is 12.5. The van der Waals surface area contributed by atoms with Gasteiger partial charge in [0.2, 0.25) is 5.91 Å². The number of urea groups is 1. The highest BCUT2D eigenvalue weighted by molar-refractivity contribution is 7.99. The van der Waals surface area contributed by atoms with E-state index in [9.17, 15) is 14.0 Å². The maximum absolute atomic E-state index is 13.6. The highest BCUT2D eigenvalue weighted by Crippen LogP contribution is 2.25. The van der Waals surface area contributed by atoms with E-state index in [1.54, 1.807) is 19.1 Å². The molecule has 0 aliphatic carbocycles. The average molecular weight is 382 g/mol. The number of carbonyl (C=O) groups excluding carboxylic acids is 2. The number of nitrogens with one attached hydrogen (secondary N) is 2. The molecule has 1 heterocycles. The van der Waals surface area contributed by atoms with Crippen LogP contribution in [0.2, 0.25) is 0 Å². The lowest BCUT2D eigenvalue weighted by molar-refractivity contribution is -0.117. The van der Waals surface area contributed by atoms with Gasteiger partial charge in [0.25, 0.3) is 11.1 Å². The fourth-order valence-electron chi connectivity index (χ4n) is 1.80. The number of thioether (sulfide) groups is 1. The van der Waals surface area contributed by atoms with Crippen LogP contribution in [0.5, 0.6) is 5.75 Å². The fourth-order valence-corrected chi connectivity index (χ4v) is 2.37. The van der Waals surface area contributed by atoms with Crippen LogP contribution in [0.3, 0.4) is 0 Å². The summed E-state index contributed by atoms with van der Waals surface area (Å²) < 4.78 is 24.4. The van der Waals surface area contributed by atoms with Gasteiger partial charge in [0.05, 0.1) is 5.75 Å². The Kier molecular flexibility index (Phi) is 7.39. The van der Waals surface area contributed by atoms with Crippen molar-refractivity contribution >= 4 is 23.7 Å². The standard InChI is InChI=1S/C16H19FN4O4S/c1-3-8-18-15(23)19-13(22)9-26-16-21-20-14(25-16)10(2)24-12-7-5-4-6-11(12)17/h4-7,10H,3,8-9H2,1-2H3,(H2,18,19,22,23)/t10-/m0/s1. The summed E-state index contributed by atoms with van der Waals surface area (Å²) >= 11 is 0.980. The lowest BCUT2D eigenvalue weighted by Gasteiger charge is -2.11. The predicted octanol–water partition coefficient (Wildman–Crippen LogP) is 2.68. The number of benzene rings is 1. The third-order valence-electron chi connectivity index (χ3n) is 3.03. The van der Waals surface area contributed by atoms with E-state index in [1.165, 1.54) is 12.1 Å². The molecule has 8 nitrogen and oxygen atoms in total. The van der Waals surface area contributed by atoms with Crippen molar-refractivity contribution in [3.63, 3.8) is 0 Å². The van der Waals surface area contributed by atoms with E-state index >= 15 is 0 Å². The Bertz CT molecular complexity index is 755. The lowest BCUT2D eigenvalue weighted by Crippen LogP contribution is -2.40. The van der Waals surface area contributed by atoms with Crippen molar-refractivity contribution in [2.75, 3.05) is 12.3 Å². The molecule has 1 aromatic heterocycles. The van der Waals surface area contributed by atoms with Crippen LogP contribution in [0.25, 0.3) is 0 Å². The van der Waals surface area contributed by atoms with Crippen molar-refractivity contribution < 1.29 is 23.1 Å². The molecule has 0 aliphatic rings. The van der Waals surface area contributed by atoms with Gasteiger partial charge in [-0.15, -0.1) is 10.2 Å². The number of carbonyl (C=O) groups is 2. The van der Waals surface area contributed by atoms with Crippen LogP contribution in [-0.4, -0.2) is 34.4 Å². The molecule has 0 radical (unpaired) electrons. The normalized spacial score (nSPS) is 11.7. The van der Waals surface area contributed by atoms with E-state index in [0.29, 0.717) is 6.54 Å². The monoisotopic (exact) mass is 382 g/mol. The molecule has 10 heteroatoms. The summed E-state index contributed by atoms with van der Waals surface area (Å²) in [6.07, 6.45) is 0.108. The van der Waals surface area contributed by atoms with Crippen molar-refractivity contribution in [2.45, 2.75) is 31.6 Å². The van der Waals surface area contributed by atoms with Gasteiger partial charge in [-0.05, 0) is 25.5 Å². The van der Waals surface area contributed by atoms with Crippen molar-refractivity contribution in [1.29, 1.82) is 0 Å². The van der Waals surface area contributed by atoms with Crippen LogP contribution in [-0.2, 0) is 4.79 Å². The van der Waals surface area contributed by atoms with Gasteiger partial charge in [-0.1, -0.05) is 30.8 Å². The number of nitrogens with zero attached hydrogens (tertiary/aromatic N) is 2. The third kappa shape index (κ3) is 6.03. The minimum atomic E-state index is -0.664. The highest BCUT2D eigenvalue weighted by Gasteiger charge is 2.18. The molecule has 140 valence electrons. The Balaban J connectivity index is 1.82. The molecule has 0 unspecified atom stereocenters. The zero-order chi connectivity index (χ0) is 18.9. The first-order chi connectivity index (χ1) is 12.5. The summed E-state index contributed by atoms with van der Waals surface area (Å²) in [6.45, 7) is 4.03. The maximum Gasteiger partial charge on any atom is 0.321 e. The second-order valence-electron chi connectivity index (χ2n) is 5.19. The summed E-state index contributed by atoms with van der Waals surface area (Å²) in [5.74, 6) is -0.823. The van der Waals surface area contributed by atoms with Crippen LogP contribution < -0.4 is 15.4 Å². The van der Waals surface area contributed by atoms with Gasteiger partial charge in [0.1, 0.15) is 0 Å². The van der Waals surface area contributed by atoms with Crippen molar-refractivity contribution in [2.24, 2.45) is 0 Å². The summed E-state index contributed by atoms with van der Waals surface area (Å²) in [6, 6.07) is 5.44. The van der Waals surface area contributed by atoms with Gasteiger partial charge in [-0.2, -0.15) is 0 Å². The topological polar surface area (TPSA) is 106 Å². The molecule has 3 amide bonds. The fraction of sp³-hybridized carbons (Fsp3) is 0.375. The molecule has 0 spiro atoms. The number of amides is 3. The number of para-hydroxylation sites is 1. The molecule has 1 atom stereocenters. The van der Waals surface area contributed by atoms with Crippen molar-refractivity contribution in [1.82, 2.24) is 20.8 Å². The molecule has 1 aromatic carbocycles. The van der Waals surface area contributed by atoms with Gasteiger partial charge in [0, 0.05) is 6.54 Å². The van der Waals surface area contributed by atoms with E-state index < -0.39 is 23.9 Å². The zero-order valence-corrected chi connectivity index (χ0v) is 15.1. The summed E-state index contributed by atoms with van der Waals surface area (Å²) in [4.78, 5) is 23.0. The third-order valence-corrected chi connectivity index (χ3v) is 3.84. The van der Waals surface area contributed by atoms with Crippen LogP contribution in [0.4, 0.5) is 9.18 Å². The number of ether oxygens (including phenoxy) is 1.